The molecular weight excluding hydrogens is 275 g/mol. The molecule has 5 heteroatoms. The number of hydrogen-bond donors (Lipinski definition) is 0. The van der Waals surface area contributed by atoms with Gasteiger partial charge < -0.3 is 0 Å². The third-order valence-corrected chi connectivity index (χ3v) is 3.87. The van der Waals surface area contributed by atoms with Crippen molar-refractivity contribution in [2.75, 3.05) is 0 Å². The van der Waals surface area contributed by atoms with Gasteiger partial charge in [-0.2, -0.15) is 0 Å². The normalized spacial score (nSPS) is 11.2. The fourth-order valence-electron chi connectivity index (χ4n) is 1.58. The Hall–Kier alpha value is -1.74. The van der Waals surface area contributed by atoms with Gasteiger partial charge in [-0.3, -0.25) is 18.4 Å². The van der Waals surface area contributed by atoms with Crippen molar-refractivity contribution in [1.29, 1.82) is 0 Å². The van der Waals surface area contributed by atoms with Crippen LogP contribution in [0.15, 0.2) is 60.7 Å². The summed E-state index contributed by atoms with van der Waals surface area (Å²) in [5, 5.41) is 0. The molecular formula is C15H15O4P. The van der Waals surface area contributed by atoms with E-state index in [2.05, 4.69) is 0 Å². The Morgan fingerprint density at radius 1 is 0.800 bits per heavy atom. The zero-order chi connectivity index (χ0) is 14.3. The van der Waals surface area contributed by atoms with Crippen LogP contribution >= 0.6 is 7.60 Å². The predicted octanol–water partition coefficient (Wildman–Crippen LogP) is 3.80. The molecule has 0 aliphatic carbocycles. The Bertz CT molecular complexity index is 536. The van der Waals surface area contributed by atoms with Crippen LogP contribution in [0.1, 0.15) is 11.1 Å². The second-order valence-electron chi connectivity index (χ2n) is 4.16. The Labute approximate surface area is 117 Å². The summed E-state index contributed by atoms with van der Waals surface area (Å²) in [5.41, 5.74) is 1.66. The summed E-state index contributed by atoms with van der Waals surface area (Å²) in [6.45, 7) is 0.150. The van der Waals surface area contributed by atoms with E-state index in [0.29, 0.717) is 0 Å². The van der Waals surface area contributed by atoms with E-state index in [1.165, 1.54) is 0 Å². The van der Waals surface area contributed by atoms with E-state index in [-0.39, 0.29) is 19.2 Å². The molecule has 20 heavy (non-hydrogen) atoms. The molecule has 0 aliphatic rings. The maximum Gasteiger partial charge on any atom is 0.394 e. The van der Waals surface area contributed by atoms with E-state index in [0.717, 1.165) is 11.1 Å². The Balaban J connectivity index is 1.92. The fourth-order valence-corrected chi connectivity index (χ4v) is 2.43. The molecule has 0 bridgehead atoms. The molecule has 2 aromatic carbocycles. The lowest BCUT2D eigenvalue weighted by atomic mass is 10.2. The SMILES string of the molecule is O=CP(=O)(OCc1ccccc1)OCc1ccccc1. The highest BCUT2D eigenvalue weighted by Gasteiger charge is 2.23. The van der Waals surface area contributed by atoms with Crippen LogP contribution in [0.5, 0.6) is 0 Å². The molecule has 0 fully saturated rings. The van der Waals surface area contributed by atoms with Crippen molar-refractivity contribution in [1.82, 2.24) is 0 Å². The van der Waals surface area contributed by atoms with Crippen molar-refractivity contribution in [2.24, 2.45) is 0 Å². The van der Waals surface area contributed by atoms with Crippen LogP contribution in [0.2, 0.25) is 0 Å². The molecule has 2 rings (SSSR count). The third-order valence-electron chi connectivity index (χ3n) is 2.64. The minimum atomic E-state index is -3.71. The highest BCUT2D eigenvalue weighted by molar-refractivity contribution is 7.69. The van der Waals surface area contributed by atoms with E-state index >= 15 is 0 Å². The van der Waals surface area contributed by atoms with Crippen molar-refractivity contribution in [3.05, 3.63) is 71.8 Å². The van der Waals surface area contributed by atoms with Crippen LogP contribution in [0, 0.1) is 0 Å². The van der Waals surface area contributed by atoms with Gasteiger partial charge in [0, 0.05) is 0 Å². The smallest absolute Gasteiger partial charge is 0.299 e. The zero-order valence-corrected chi connectivity index (χ0v) is 11.7. The van der Waals surface area contributed by atoms with E-state index in [4.69, 9.17) is 9.05 Å². The summed E-state index contributed by atoms with van der Waals surface area (Å²) >= 11 is 0. The molecule has 104 valence electrons. The summed E-state index contributed by atoms with van der Waals surface area (Å²) in [7, 11) is -3.71. The topological polar surface area (TPSA) is 52.6 Å². The number of carbonyl (C=O) groups excluding carboxylic acids is 1. The Morgan fingerprint density at radius 3 is 1.55 bits per heavy atom. The van der Waals surface area contributed by atoms with Crippen LogP contribution in [0.25, 0.3) is 0 Å². The zero-order valence-electron chi connectivity index (χ0n) is 10.8. The van der Waals surface area contributed by atoms with Gasteiger partial charge >= 0.3 is 7.60 Å². The first kappa shape index (κ1) is 14.7. The van der Waals surface area contributed by atoms with Gasteiger partial charge in [-0.15, -0.1) is 0 Å². The maximum atomic E-state index is 12.1. The molecule has 0 amide bonds. The maximum absolute atomic E-state index is 12.1. The highest BCUT2D eigenvalue weighted by atomic mass is 31.2. The largest absolute Gasteiger partial charge is 0.394 e. The third kappa shape index (κ3) is 4.42. The summed E-state index contributed by atoms with van der Waals surface area (Å²) in [5.74, 6) is 0. The molecule has 0 radical (unpaired) electrons. The van der Waals surface area contributed by atoms with E-state index in [9.17, 15) is 9.36 Å². The van der Waals surface area contributed by atoms with Gasteiger partial charge in [-0.1, -0.05) is 60.7 Å². The second-order valence-corrected chi connectivity index (χ2v) is 5.97. The highest BCUT2D eigenvalue weighted by Crippen LogP contribution is 2.46. The van der Waals surface area contributed by atoms with Gasteiger partial charge in [0.25, 0.3) is 0 Å². The van der Waals surface area contributed by atoms with Crippen molar-refractivity contribution >= 4 is 13.6 Å². The summed E-state index contributed by atoms with van der Waals surface area (Å²) in [6, 6.07) is 18.7. The summed E-state index contributed by atoms with van der Waals surface area (Å²) in [4.78, 5) is 11.0. The number of carbonyl (C=O) groups is 1. The standard InChI is InChI=1S/C15H15O4P/c16-13-20(17,18-11-14-7-3-1-4-8-14)19-12-15-9-5-2-6-10-15/h1-10,13H,11-12H2. The van der Waals surface area contributed by atoms with Gasteiger partial charge in [0.1, 0.15) is 0 Å². The lowest BCUT2D eigenvalue weighted by Gasteiger charge is -2.13. The molecule has 0 atom stereocenters. The summed E-state index contributed by atoms with van der Waals surface area (Å²) in [6.07, 6.45) is 0. The first-order valence-electron chi connectivity index (χ1n) is 6.15. The van der Waals surface area contributed by atoms with Crippen LogP contribution < -0.4 is 0 Å². The number of hydrogen-bond acceptors (Lipinski definition) is 4. The van der Waals surface area contributed by atoms with E-state index < -0.39 is 7.60 Å². The average Bonchev–Trinajstić information content (AvgIpc) is 2.53. The average molecular weight is 290 g/mol. The predicted molar refractivity (Wildman–Crippen MR) is 76.8 cm³/mol. The Kier molecular flexibility index (Phi) is 5.24. The van der Waals surface area contributed by atoms with Crippen LogP contribution in [-0.4, -0.2) is 6.03 Å². The minimum absolute atomic E-state index is 0.0750. The van der Waals surface area contributed by atoms with E-state index in [1.54, 1.807) is 0 Å². The van der Waals surface area contributed by atoms with Crippen LogP contribution in [-0.2, 0) is 31.6 Å². The van der Waals surface area contributed by atoms with E-state index in [1.807, 2.05) is 60.7 Å². The van der Waals surface area contributed by atoms with Gasteiger partial charge in [0.2, 0.25) is 6.03 Å². The van der Waals surface area contributed by atoms with Crippen LogP contribution in [0.4, 0.5) is 0 Å². The monoisotopic (exact) mass is 290 g/mol. The number of benzene rings is 2. The molecule has 0 spiro atoms. The second kappa shape index (κ2) is 7.15. The fraction of sp³-hybridized carbons (Fsp3) is 0.133. The minimum Gasteiger partial charge on any atom is -0.299 e. The lowest BCUT2D eigenvalue weighted by molar-refractivity contribution is 0.201. The molecule has 2 aromatic rings. The molecule has 0 aromatic heterocycles. The van der Waals surface area contributed by atoms with Crippen LogP contribution in [0.3, 0.4) is 0 Å². The molecule has 0 aliphatic heterocycles. The first-order chi connectivity index (χ1) is 9.72. The molecule has 0 unspecified atom stereocenters. The molecule has 4 nitrogen and oxygen atoms in total. The quantitative estimate of drug-likeness (QED) is 0.575. The van der Waals surface area contributed by atoms with Crippen molar-refractivity contribution in [3.8, 4) is 0 Å². The van der Waals surface area contributed by atoms with Crippen molar-refractivity contribution < 1.29 is 18.4 Å². The van der Waals surface area contributed by atoms with Gasteiger partial charge in [0.05, 0.1) is 13.2 Å². The number of rotatable bonds is 7. The molecule has 0 N–H and O–H groups in total. The van der Waals surface area contributed by atoms with Gasteiger partial charge in [-0.05, 0) is 11.1 Å². The molecule has 0 saturated heterocycles. The molecule has 0 heterocycles. The lowest BCUT2D eigenvalue weighted by Crippen LogP contribution is -1.98. The summed E-state index contributed by atoms with van der Waals surface area (Å²) < 4.78 is 22.4. The van der Waals surface area contributed by atoms with Crippen molar-refractivity contribution in [2.45, 2.75) is 13.2 Å². The molecule has 0 saturated carbocycles. The first-order valence-corrected chi connectivity index (χ1v) is 7.76. The van der Waals surface area contributed by atoms with Gasteiger partial charge in [-0.25, -0.2) is 0 Å². The van der Waals surface area contributed by atoms with Crippen molar-refractivity contribution in [3.63, 3.8) is 0 Å². The Morgan fingerprint density at radius 2 is 1.20 bits per heavy atom. The van der Waals surface area contributed by atoms with Gasteiger partial charge in [0.15, 0.2) is 0 Å².